The zero-order chi connectivity index (χ0) is 18.4. The lowest BCUT2D eigenvalue weighted by Crippen LogP contribution is -2.37. The van der Waals surface area contributed by atoms with Gasteiger partial charge < -0.3 is 15.7 Å². The van der Waals surface area contributed by atoms with E-state index in [-0.39, 0.29) is 12.4 Å². The predicted molar refractivity (Wildman–Crippen MR) is 93.0 cm³/mol. The lowest BCUT2D eigenvalue weighted by molar-refractivity contribution is 0.173. The Morgan fingerprint density at radius 3 is 2.73 bits per heavy atom. The second-order valence-electron chi connectivity index (χ2n) is 5.60. The molecule has 3 rings (SSSR count). The molecular weight excluding hydrogens is 337 g/mol. The van der Waals surface area contributed by atoms with E-state index in [2.05, 4.69) is 20.7 Å². The summed E-state index contributed by atoms with van der Waals surface area (Å²) in [4.78, 5) is 16.1. The van der Waals surface area contributed by atoms with Crippen LogP contribution in [0.4, 0.5) is 9.18 Å². The van der Waals surface area contributed by atoms with E-state index in [1.165, 1.54) is 24.3 Å². The van der Waals surface area contributed by atoms with E-state index in [0.717, 1.165) is 5.56 Å². The van der Waals surface area contributed by atoms with E-state index in [4.69, 9.17) is 0 Å². The number of urea groups is 1. The Morgan fingerprint density at radius 1 is 1.19 bits per heavy atom. The smallest absolute Gasteiger partial charge is 0.315 e. The molecule has 3 N–H and O–H groups in total. The number of benzene rings is 1. The molecule has 26 heavy (non-hydrogen) atoms. The van der Waals surface area contributed by atoms with Crippen molar-refractivity contribution in [1.82, 2.24) is 25.4 Å². The predicted octanol–water partition coefficient (Wildman–Crippen LogP) is 1.94. The van der Waals surface area contributed by atoms with Crippen LogP contribution in [0.3, 0.4) is 0 Å². The zero-order valence-corrected chi connectivity index (χ0v) is 13.8. The normalized spacial score (nSPS) is 11.8. The maximum absolute atomic E-state index is 12.9. The highest BCUT2D eigenvalue weighted by Crippen LogP contribution is 2.12. The number of nitrogens with one attached hydrogen (secondary N) is 2. The van der Waals surface area contributed by atoms with E-state index >= 15 is 0 Å². The Balaban J connectivity index is 1.48. The molecule has 0 fully saturated rings. The van der Waals surface area contributed by atoms with Crippen LogP contribution in [0.2, 0.25) is 0 Å². The van der Waals surface area contributed by atoms with E-state index in [0.29, 0.717) is 17.9 Å². The number of aliphatic hydroxyl groups is 1. The number of hydrogen-bond acceptors (Lipinski definition) is 4. The first-order valence-corrected chi connectivity index (χ1v) is 8.02. The number of carbonyl (C=O) groups excluding carboxylic acids is 1. The molecule has 1 unspecified atom stereocenters. The molecule has 2 heterocycles. The molecule has 134 valence electrons. The maximum Gasteiger partial charge on any atom is 0.315 e. The Bertz CT molecular complexity index is 852. The van der Waals surface area contributed by atoms with Crippen molar-refractivity contribution < 1.29 is 14.3 Å². The summed E-state index contributed by atoms with van der Waals surface area (Å²) in [7, 11) is 0. The number of amides is 2. The van der Waals surface area contributed by atoms with Gasteiger partial charge in [-0.2, -0.15) is 5.10 Å². The molecular formula is C18H18FN5O2. The van der Waals surface area contributed by atoms with Crippen LogP contribution in [0.25, 0.3) is 5.82 Å². The van der Waals surface area contributed by atoms with Crippen molar-refractivity contribution in [3.63, 3.8) is 0 Å². The van der Waals surface area contributed by atoms with Crippen LogP contribution in [-0.4, -0.2) is 32.4 Å². The third-order valence-corrected chi connectivity index (χ3v) is 3.71. The Kier molecular flexibility index (Phi) is 5.55. The van der Waals surface area contributed by atoms with Crippen LogP contribution >= 0.6 is 0 Å². The van der Waals surface area contributed by atoms with Gasteiger partial charge in [0.15, 0.2) is 5.82 Å². The van der Waals surface area contributed by atoms with Crippen LogP contribution < -0.4 is 10.6 Å². The number of pyridine rings is 1. The van der Waals surface area contributed by atoms with Gasteiger partial charge in [-0.25, -0.2) is 18.9 Å². The SMILES string of the molecule is O=C(NCc1ccnc(-n2cccn2)c1)NCC(O)c1ccc(F)cc1. The van der Waals surface area contributed by atoms with Crippen molar-refractivity contribution in [3.8, 4) is 5.82 Å². The molecule has 1 atom stereocenters. The number of aromatic nitrogens is 3. The minimum atomic E-state index is -0.909. The fraction of sp³-hybridized carbons (Fsp3) is 0.167. The summed E-state index contributed by atoms with van der Waals surface area (Å²) in [5.74, 6) is 0.278. The Labute approximate surface area is 149 Å². The molecule has 2 aromatic heterocycles. The van der Waals surface area contributed by atoms with E-state index in [9.17, 15) is 14.3 Å². The van der Waals surface area contributed by atoms with Gasteiger partial charge in [0, 0.05) is 31.7 Å². The summed E-state index contributed by atoms with van der Waals surface area (Å²) in [6.07, 6.45) is 4.17. The number of aliphatic hydroxyl groups excluding tert-OH is 1. The molecule has 0 aliphatic heterocycles. The molecule has 7 nitrogen and oxygen atoms in total. The average molecular weight is 355 g/mol. The van der Waals surface area contributed by atoms with E-state index in [1.54, 1.807) is 35.4 Å². The molecule has 3 aromatic rings. The highest BCUT2D eigenvalue weighted by Gasteiger charge is 2.09. The Morgan fingerprint density at radius 2 is 2.00 bits per heavy atom. The van der Waals surface area contributed by atoms with Gasteiger partial charge in [-0.15, -0.1) is 0 Å². The second-order valence-corrected chi connectivity index (χ2v) is 5.60. The van der Waals surface area contributed by atoms with Gasteiger partial charge in [0.05, 0.1) is 6.10 Å². The highest BCUT2D eigenvalue weighted by atomic mass is 19.1. The maximum atomic E-state index is 12.9. The van der Waals surface area contributed by atoms with Gasteiger partial charge in [-0.3, -0.25) is 0 Å². The fourth-order valence-electron chi connectivity index (χ4n) is 2.34. The summed E-state index contributed by atoms with van der Waals surface area (Å²) >= 11 is 0. The molecule has 0 bridgehead atoms. The van der Waals surface area contributed by atoms with E-state index in [1.807, 2.05) is 6.07 Å². The van der Waals surface area contributed by atoms with Gasteiger partial charge >= 0.3 is 6.03 Å². The fourth-order valence-corrected chi connectivity index (χ4v) is 2.34. The van der Waals surface area contributed by atoms with Crippen molar-refractivity contribution in [3.05, 3.63) is 78.0 Å². The summed E-state index contributed by atoms with van der Waals surface area (Å²) in [6, 6.07) is 10.5. The lowest BCUT2D eigenvalue weighted by Gasteiger charge is -2.13. The first-order valence-electron chi connectivity index (χ1n) is 8.02. The topological polar surface area (TPSA) is 92.1 Å². The van der Waals surface area contributed by atoms with Crippen LogP contribution in [0.15, 0.2) is 61.1 Å². The zero-order valence-electron chi connectivity index (χ0n) is 13.8. The van der Waals surface area contributed by atoms with Crippen LogP contribution in [-0.2, 0) is 6.54 Å². The molecule has 8 heteroatoms. The number of carbonyl (C=O) groups is 1. The summed E-state index contributed by atoms with van der Waals surface area (Å²) in [6.45, 7) is 0.321. The number of hydrogen-bond donors (Lipinski definition) is 3. The standard InChI is InChI=1S/C18H18FN5O2/c19-15-4-2-14(3-5-15)16(25)12-22-18(26)21-11-13-6-8-20-17(10-13)24-9-1-7-23-24/h1-10,16,25H,11-12H2,(H2,21,22,26). The quantitative estimate of drug-likeness (QED) is 0.630. The van der Waals surface area contributed by atoms with Gasteiger partial charge in [0.25, 0.3) is 0 Å². The Hall–Kier alpha value is -3.26. The number of halogens is 1. The third-order valence-electron chi connectivity index (χ3n) is 3.71. The van der Waals surface area contributed by atoms with Gasteiger partial charge in [-0.05, 0) is 41.5 Å². The van der Waals surface area contributed by atoms with Crippen LogP contribution in [0.5, 0.6) is 0 Å². The van der Waals surface area contributed by atoms with Crippen molar-refractivity contribution in [2.24, 2.45) is 0 Å². The minimum Gasteiger partial charge on any atom is -0.387 e. The summed E-state index contributed by atoms with van der Waals surface area (Å²) in [5.41, 5.74) is 1.39. The molecule has 0 aliphatic rings. The summed E-state index contributed by atoms with van der Waals surface area (Å²) < 4.78 is 14.5. The van der Waals surface area contributed by atoms with Gasteiger partial charge in [0.1, 0.15) is 5.82 Å². The first-order chi connectivity index (χ1) is 12.6. The monoisotopic (exact) mass is 355 g/mol. The minimum absolute atomic E-state index is 0.0202. The molecule has 0 aliphatic carbocycles. The first kappa shape index (κ1) is 17.6. The van der Waals surface area contributed by atoms with Gasteiger partial charge in [-0.1, -0.05) is 12.1 Å². The van der Waals surface area contributed by atoms with Crippen molar-refractivity contribution in [2.45, 2.75) is 12.6 Å². The van der Waals surface area contributed by atoms with E-state index < -0.39 is 12.1 Å². The highest BCUT2D eigenvalue weighted by molar-refractivity contribution is 5.73. The molecule has 2 amide bonds. The molecule has 1 aromatic carbocycles. The average Bonchev–Trinajstić information content (AvgIpc) is 3.20. The molecule has 0 spiro atoms. The van der Waals surface area contributed by atoms with Crippen LogP contribution in [0, 0.1) is 5.82 Å². The largest absolute Gasteiger partial charge is 0.387 e. The lowest BCUT2D eigenvalue weighted by atomic mass is 10.1. The van der Waals surface area contributed by atoms with Crippen molar-refractivity contribution >= 4 is 6.03 Å². The van der Waals surface area contributed by atoms with Crippen molar-refractivity contribution in [2.75, 3.05) is 6.54 Å². The van der Waals surface area contributed by atoms with Crippen LogP contribution in [0.1, 0.15) is 17.2 Å². The molecule has 0 saturated heterocycles. The second kappa shape index (κ2) is 8.21. The summed E-state index contributed by atoms with van der Waals surface area (Å²) in [5, 5.41) is 19.4. The van der Waals surface area contributed by atoms with Gasteiger partial charge in [0.2, 0.25) is 0 Å². The molecule has 0 radical (unpaired) electrons. The third kappa shape index (κ3) is 4.64. The van der Waals surface area contributed by atoms with Crippen molar-refractivity contribution in [1.29, 1.82) is 0 Å². The number of nitrogens with zero attached hydrogens (tertiary/aromatic N) is 3. The molecule has 0 saturated carbocycles. The number of rotatable bonds is 6.